The maximum atomic E-state index is 12.1. The van der Waals surface area contributed by atoms with Crippen LogP contribution < -0.4 is 5.73 Å². The van der Waals surface area contributed by atoms with E-state index in [-0.39, 0.29) is 18.0 Å². The maximum Gasteiger partial charge on any atom is 0.243 e. The van der Waals surface area contributed by atoms with Gasteiger partial charge in [0, 0.05) is 18.8 Å². The fourth-order valence-electron chi connectivity index (χ4n) is 1.76. The Hall–Kier alpha value is -1.15. The predicted octanol–water partition coefficient (Wildman–Crippen LogP) is -1.01. The number of nitrogen functional groups attached to an aromatic ring is 1. The van der Waals surface area contributed by atoms with Gasteiger partial charge in [-0.05, 0) is 18.2 Å². The van der Waals surface area contributed by atoms with Crippen molar-refractivity contribution in [3.05, 3.63) is 24.3 Å². The van der Waals surface area contributed by atoms with Crippen LogP contribution in [-0.2, 0) is 10.0 Å². The van der Waals surface area contributed by atoms with Crippen LogP contribution in [0.5, 0.6) is 0 Å². The van der Waals surface area contributed by atoms with E-state index in [4.69, 9.17) is 5.73 Å². The second-order valence-corrected chi connectivity index (χ2v) is 5.97. The highest BCUT2D eigenvalue weighted by atomic mass is 32.2. The van der Waals surface area contributed by atoms with Crippen LogP contribution in [0, 0.1) is 0 Å². The van der Waals surface area contributed by atoms with Crippen LogP contribution in [0.15, 0.2) is 29.2 Å². The number of nitrogens with zero attached hydrogens (tertiary/aromatic N) is 1. The number of aliphatic hydroxyl groups excluding tert-OH is 2. The third kappa shape index (κ3) is 2.27. The summed E-state index contributed by atoms with van der Waals surface area (Å²) in [7, 11) is -3.69. The van der Waals surface area contributed by atoms with Crippen LogP contribution in [0.4, 0.5) is 5.69 Å². The van der Waals surface area contributed by atoms with Crippen LogP contribution in [0.25, 0.3) is 0 Å². The summed E-state index contributed by atoms with van der Waals surface area (Å²) in [5, 5.41) is 18.7. The van der Waals surface area contributed by atoms with E-state index in [0.29, 0.717) is 5.69 Å². The number of benzene rings is 1. The van der Waals surface area contributed by atoms with Gasteiger partial charge in [0.15, 0.2) is 0 Å². The Morgan fingerprint density at radius 1 is 1.24 bits per heavy atom. The van der Waals surface area contributed by atoms with Crippen molar-refractivity contribution < 1.29 is 18.6 Å². The number of hydrogen-bond acceptors (Lipinski definition) is 5. The molecule has 7 heteroatoms. The minimum absolute atomic E-state index is 0.0683. The molecule has 1 aromatic rings. The number of anilines is 1. The lowest BCUT2D eigenvalue weighted by Crippen LogP contribution is -2.30. The first-order chi connectivity index (χ1) is 7.91. The van der Waals surface area contributed by atoms with Gasteiger partial charge in [0.2, 0.25) is 10.0 Å². The highest BCUT2D eigenvalue weighted by molar-refractivity contribution is 7.89. The third-order valence-electron chi connectivity index (χ3n) is 2.72. The first-order valence-electron chi connectivity index (χ1n) is 5.13. The Morgan fingerprint density at radius 3 is 2.35 bits per heavy atom. The third-order valence-corrected chi connectivity index (χ3v) is 4.55. The molecule has 2 atom stereocenters. The summed E-state index contributed by atoms with van der Waals surface area (Å²) in [6.45, 7) is -0.198. The first-order valence-corrected chi connectivity index (χ1v) is 6.57. The zero-order valence-corrected chi connectivity index (χ0v) is 9.84. The molecule has 1 heterocycles. The standard InChI is InChI=1S/C10H14N2O4S/c11-7-2-1-3-8(4-7)17(15,16)12-5-9(13)10(14)6-12/h1-4,9-10,13-14H,5-6,11H2. The fraction of sp³-hybridized carbons (Fsp3) is 0.400. The maximum absolute atomic E-state index is 12.1. The Balaban J connectivity index is 2.32. The van der Waals surface area contributed by atoms with Crippen molar-refractivity contribution in [3.8, 4) is 0 Å². The number of aliphatic hydroxyl groups is 2. The molecule has 1 aliphatic rings. The average molecular weight is 258 g/mol. The molecular weight excluding hydrogens is 244 g/mol. The minimum Gasteiger partial charge on any atom is -0.399 e. The highest BCUT2D eigenvalue weighted by Crippen LogP contribution is 2.22. The smallest absolute Gasteiger partial charge is 0.243 e. The first kappa shape index (κ1) is 12.3. The molecule has 2 rings (SSSR count). The van der Waals surface area contributed by atoms with E-state index in [1.54, 1.807) is 12.1 Å². The largest absolute Gasteiger partial charge is 0.399 e. The zero-order valence-electron chi connectivity index (χ0n) is 9.02. The summed E-state index contributed by atoms with van der Waals surface area (Å²) in [5.74, 6) is 0. The van der Waals surface area contributed by atoms with Crippen LogP contribution in [-0.4, -0.2) is 48.2 Å². The molecule has 0 aliphatic carbocycles. The van der Waals surface area contributed by atoms with Crippen molar-refractivity contribution in [2.75, 3.05) is 18.8 Å². The second-order valence-electron chi connectivity index (χ2n) is 4.03. The molecule has 94 valence electrons. The van der Waals surface area contributed by atoms with Crippen molar-refractivity contribution in [1.29, 1.82) is 0 Å². The number of rotatable bonds is 2. The molecule has 17 heavy (non-hydrogen) atoms. The number of nitrogens with two attached hydrogens (primary N) is 1. The van der Waals surface area contributed by atoms with Gasteiger partial charge in [-0.15, -0.1) is 0 Å². The van der Waals surface area contributed by atoms with Crippen LogP contribution in [0.2, 0.25) is 0 Å². The van der Waals surface area contributed by atoms with Crippen LogP contribution >= 0.6 is 0 Å². The molecule has 0 spiro atoms. The average Bonchev–Trinajstić information content (AvgIpc) is 2.60. The van der Waals surface area contributed by atoms with Crippen LogP contribution in [0.3, 0.4) is 0 Å². The van der Waals surface area contributed by atoms with Crippen molar-refractivity contribution >= 4 is 15.7 Å². The van der Waals surface area contributed by atoms with Gasteiger partial charge in [0.05, 0.1) is 17.1 Å². The molecule has 0 amide bonds. The quantitative estimate of drug-likeness (QED) is 0.590. The molecule has 0 aromatic heterocycles. The summed E-state index contributed by atoms with van der Waals surface area (Å²) in [5.41, 5.74) is 5.88. The van der Waals surface area contributed by atoms with E-state index in [2.05, 4.69) is 0 Å². The molecule has 0 radical (unpaired) electrons. The molecule has 4 N–H and O–H groups in total. The van der Waals surface area contributed by atoms with Gasteiger partial charge in [-0.25, -0.2) is 8.42 Å². The van der Waals surface area contributed by atoms with Gasteiger partial charge < -0.3 is 15.9 Å². The van der Waals surface area contributed by atoms with Gasteiger partial charge in [-0.2, -0.15) is 4.31 Å². The van der Waals surface area contributed by atoms with Gasteiger partial charge in [0.1, 0.15) is 0 Å². The summed E-state index contributed by atoms with van der Waals surface area (Å²) >= 11 is 0. The van der Waals surface area contributed by atoms with Crippen molar-refractivity contribution in [2.24, 2.45) is 0 Å². The lowest BCUT2D eigenvalue weighted by Gasteiger charge is -2.15. The lowest BCUT2D eigenvalue weighted by molar-refractivity contribution is 0.0572. The second kappa shape index (κ2) is 4.26. The molecule has 6 nitrogen and oxygen atoms in total. The molecule has 1 aliphatic heterocycles. The van der Waals surface area contributed by atoms with Gasteiger partial charge in [-0.3, -0.25) is 0 Å². The van der Waals surface area contributed by atoms with E-state index < -0.39 is 22.2 Å². The molecule has 1 aromatic carbocycles. The van der Waals surface area contributed by atoms with E-state index in [1.165, 1.54) is 12.1 Å². The molecule has 1 fully saturated rings. The Bertz CT molecular complexity index is 507. The van der Waals surface area contributed by atoms with Gasteiger partial charge >= 0.3 is 0 Å². The predicted molar refractivity (Wildman–Crippen MR) is 61.6 cm³/mol. The summed E-state index contributed by atoms with van der Waals surface area (Å²) in [4.78, 5) is 0.0683. The molecule has 0 saturated carbocycles. The van der Waals surface area contributed by atoms with E-state index in [0.717, 1.165) is 4.31 Å². The Morgan fingerprint density at radius 2 is 1.82 bits per heavy atom. The number of hydrogen-bond donors (Lipinski definition) is 3. The highest BCUT2D eigenvalue weighted by Gasteiger charge is 2.37. The van der Waals surface area contributed by atoms with E-state index in [1.807, 2.05) is 0 Å². The monoisotopic (exact) mass is 258 g/mol. The Labute approximate surface area is 99.3 Å². The lowest BCUT2D eigenvalue weighted by atomic mass is 10.3. The normalized spacial score (nSPS) is 26.2. The number of sulfonamides is 1. The molecule has 0 bridgehead atoms. The zero-order chi connectivity index (χ0) is 12.6. The van der Waals surface area contributed by atoms with E-state index in [9.17, 15) is 18.6 Å². The SMILES string of the molecule is Nc1cccc(S(=O)(=O)N2CC(O)C(O)C2)c1. The Kier molecular flexibility index (Phi) is 3.09. The van der Waals surface area contributed by atoms with Gasteiger partial charge in [0.25, 0.3) is 0 Å². The fourth-order valence-corrected chi connectivity index (χ4v) is 3.29. The van der Waals surface area contributed by atoms with E-state index >= 15 is 0 Å². The minimum atomic E-state index is -3.69. The summed E-state index contributed by atoms with van der Waals surface area (Å²) < 4.78 is 25.3. The molecular formula is C10H14N2O4S. The van der Waals surface area contributed by atoms with Crippen molar-refractivity contribution in [3.63, 3.8) is 0 Å². The summed E-state index contributed by atoms with van der Waals surface area (Å²) in [6.07, 6.45) is -2.07. The topological polar surface area (TPSA) is 104 Å². The van der Waals surface area contributed by atoms with Gasteiger partial charge in [-0.1, -0.05) is 6.07 Å². The number of β-amino-alcohol motifs (C(OH)–C–C–N with tert-alkyl or cyclic N) is 2. The van der Waals surface area contributed by atoms with Crippen LogP contribution in [0.1, 0.15) is 0 Å². The van der Waals surface area contributed by atoms with Crippen molar-refractivity contribution in [1.82, 2.24) is 4.31 Å². The molecule has 2 unspecified atom stereocenters. The van der Waals surface area contributed by atoms with Crippen molar-refractivity contribution in [2.45, 2.75) is 17.1 Å². The molecule has 1 saturated heterocycles. The summed E-state index contributed by atoms with van der Waals surface area (Å²) in [6, 6.07) is 5.92.